The minimum atomic E-state index is -2.96. The number of halogens is 2. The first kappa shape index (κ1) is 114. The summed E-state index contributed by atoms with van der Waals surface area (Å²) in [6.07, 6.45) is 22.0. The van der Waals surface area contributed by atoms with Crippen LogP contribution in [0.2, 0.25) is 15.1 Å². The van der Waals surface area contributed by atoms with Gasteiger partial charge >= 0.3 is 11.9 Å². The van der Waals surface area contributed by atoms with Gasteiger partial charge in [-0.15, -0.1) is 25.7 Å². The van der Waals surface area contributed by atoms with Gasteiger partial charge in [0.25, 0.3) is 16.6 Å². The molecular formula is C110H126Cl2N16O19Si3. The first-order valence-corrected chi connectivity index (χ1v) is 55.3. The first-order valence-electron chi connectivity index (χ1n) is 48.1. The SMILES string of the molecule is C#Cc1cn(C2OC(CO)C(O)C2(C)O)c2ncnc(N)c12.C#Cc1cn(C2OC(CO)C(OC(C)=O)C2(C)O)c2ncnc(N)c12.C#Cc1cn(C2OC(CO[Si](c3ccccc3)(c3ccccc3)C(C)(C)C)C(O)C2(C)O)c2ncnc(N)c12.C#Cc1cn(C2OC(CO[Si](c3ccccc3)(c3ccccc3)C(C)(C)C)C(OC(C)=O)C2(C)O)c2ncnc(N)c12.CC(=O)Cl.CC(C)(C)[Si](Cl)(c1ccccc1)c1ccccc1. The summed E-state index contributed by atoms with van der Waals surface area (Å²) in [4.78, 5) is 65.8. The fourth-order valence-electron chi connectivity index (χ4n) is 20.2. The zero-order chi connectivity index (χ0) is 110. The number of benzene rings is 6. The molecule has 16 N–H and O–H groups in total. The molecule has 14 aromatic rings. The Bertz CT molecular complexity index is 7190. The van der Waals surface area contributed by atoms with Crippen LogP contribution in [0.15, 0.2) is 232 Å². The lowest BCUT2D eigenvalue weighted by Crippen LogP contribution is -2.67. The molecule has 786 valence electrons. The van der Waals surface area contributed by atoms with Gasteiger partial charge < -0.3 is 119 Å². The van der Waals surface area contributed by atoms with Gasteiger partial charge in [-0.1, -0.05) is 268 Å². The van der Waals surface area contributed by atoms with Crippen molar-refractivity contribution in [2.75, 3.05) is 49.4 Å². The van der Waals surface area contributed by atoms with Gasteiger partial charge in [0, 0.05) is 45.6 Å². The van der Waals surface area contributed by atoms with E-state index in [1.54, 1.807) is 40.8 Å². The fraction of sp³-hybridized carbons (Fsp3) is 0.355. The molecule has 0 amide bonds. The third kappa shape index (κ3) is 22.1. The van der Waals surface area contributed by atoms with E-state index in [-0.39, 0.29) is 56.8 Å². The van der Waals surface area contributed by atoms with E-state index >= 15 is 0 Å². The van der Waals surface area contributed by atoms with Crippen LogP contribution in [0, 0.1) is 49.4 Å². The lowest BCUT2D eigenvalue weighted by atomic mass is 9.96. The third-order valence-electron chi connectivity index (χ3n) is 27.2. The minimum absolute atomic E-state index is 0.0518. The largest absolute Gasteiger partial charge is 0.456 e. The smallest absolute Gasteiger partial charge is 0.303 e. The highest BCUT2D eigenvalue weighted by atomic mass is 35.6. The summed E-state index contributed by atoms with van der Waals surface area (Å²) >= 11 is 11.8. The molecule has 40 heteroatoms. The van der Waals surface area contributed by atoms with Gasteiger partial charge in [0.05, 0.1) is 70.2 Å². The quantitative estimate of drug-likeness (QED) is 0.0111. The number of carbonyl (C=O) groups is 3. The van der Waals surface area contributed by atoms with Crippen molar-refractivity contribution in [3.05, 3.63) is 254 Å². The maximum atomic E-state index is 12.3. The van der Waals surface area contributed by atoms with Crippen molar-refractivity contribution in [3.63, 3.8) is 0 Å². The summed E-state index contributed by atoms with van der Waals surface area (Å²) in [6.45, 7) is 28.8. The number of aliphatic hydroxyl groups is 8. The summed E-state index contributed by atoms with van der Waals surface area (Å²) in [7, 11) is -8.08. The molecule has 18 rings (SSSR count). The molecule has 4 fully saturated rings. The van der Waals surface area contributed by atoms with Crippen LogP contribution in [0.3, 0.4) is 0 Å². The molecule has 150 heavy (non-hydrogen) atoms. The van der Waals surface area contributed by atoms with E-state index in [0.29, 0.717) is 66.4 Å². The number of nitrogen functional groups attached to an aromatic ring is 4. The molecule has 12 heterocycles. The number of terminal acetylenes is 4. The normalized spacial score (nSPS) is 23.6. The van der Waals surface area contributed by atoms with Crippen LogP contribution in [-0.4, -0.2) is 238 Å². The van der Waals surface area contributed by atoms with Crippen molar-refractivity contribution in [3.8, 4) is 49.4 Å². The summed E-state index contributed by atoms with van der Waals surface area (Å²) in [5.41, 5.74) is 20.7. The highest BCUT2D eigenvalue weighted by Crippen LogP contribution is 2.50. The van der Waals surface area contributed by atoms with Crippen LogP contribution in [0.25, 0.3) is 44.1 Å². The van der Waals surface area contributed by atoms with Crippen molar-refractivity contribution < 1.29 is 92.5 Å². The molecule has 0 saturated carbocycles. The number of nitrogens with two attached hydrogens (primary N) is 4. The molecule has 0 radical (unpaired) electrons. The minimum Gasteiger partial charge on any atom is -0.456 e. The lowest BCUT2D eigenvalue weighted by molar-refractivity contribution is -0.161. The molecule has 6 aromatic carbocycles. The van der Waals surface area contributed by atoms with Crippen LogP contribution in [0.5, 0.6) is 0 Å². The number of nitrogens with zero attached hydrogens (tertiary/aromatic N) is 12. The van der Waals surface area contributed by atoms with E-state index in [4.69, 9.17) is 97.0 Å². The van der Waals surface area contributed by atoms with Gasteiger partial charge in [-0.3, -0.25) is 14.4 Å². The number of ether oxygens (including phenoxy) is 6. The van der Waals surface area contributed by atoms with Crippen LogP contribution < -0.4 is 54.1 Å². The Hall–Kier alpha value is -13.5. The Labute approximate surface area is 882 Å². The highest BCUT2D eigenvalue weighted by molar-refractivity contribution is 7.35. The summed E-state index contributed by atoms with van der Waals surface area (Å²) in [6, 6.07) is 61.9. The molecule has 0 aliphatic carbocycles. The average molecular weight is 2130 g/mol. The number of anilines is 4. The second-order valence-corrected chi connectivity index (χ2v) is 55.4. The maximum absolute atomic E-state index is 12.3. The Morgan fingerprint density at radius 3 is 0.847 bits per heavy atom. The van der Waals surface area contributed by atoms with E-state index in [1.807, 2.05) is 84.9 Å². The molecule has 16 unspecified atom stereocenters. The van der Waals surface area contributed by atoms with Crippen molar-refractivity contribution in [1.82, 2.24) is 58.1 Å². The number of aromatic nitrogens is 12. The zero-order valence-corrected chi connectivity index (χ0v) is 90.5. The Kier molecular flexibility index (Phi) is 34.7. The van der Waals surface area contributed by atoms with E-state index < -0.39 is 145 Å². The fourth-order valence-corrected chi connectivity index (χ4v) is 33.4. The van der Waals surface area contributed by atoms with Crippen LogP contribution in [0.4, 0.5) is 23.3 Å². The molecule has 0 bridgehead atoms. The predicted molar refractivity (Wildman–Crippen MR) is 582 cm³/mol. The second-order valence-electron chi connectivity index (χ2n) is 40.6. The van der Waals surface area contributed by atoms with Gasteiger partial charge in [-0.05, 0) is 85.5 Å². The van der Waals surface area contributed by atoms with Crippen molar-refractivity contribution in [2.45, 2.75) is 222 Å². The molecule has 4 aliphatic rings. The molecule has 8 aromatic heterocycles. The number of aliphatic hydroxyl groups excluding tert-OH is 4. The van der Waals surface area contributed by atoms with E-state index in [0.717, 1.165) is 20.7 Å². The Balaban J connectivity index is 0.000000160. The molecule has 16 atom stereocenters. The summed E-state index contributed by atoms with van der Waals surface area (Å²) in [5, 5.41) is 93.2. The van der Waals surface area contributed by atoms with Gasteiger partial charge in [-0.2, -0.15) is 11.1 Å². The van der Waals surface area contributed by atoms with Gasteiger partial charge in [0.15, 0.2) is 37.1 Å². The number of hydrogen-bond acceptors (Lipinski definition) is 31. The lowest BCUT2D eigenvalue weighted by Gasteiger charge is -2.43. The standard InChI is InChI=1S/C32H36N4O5Si.C30H34N4O4Si.C16H19ClSi.C16H18N4O5.C14H16N4O4.C2H3ClO/c1-7-22-18-36(29-26(22)28(33)34-20-35-29)30-32(6,38)27(40-21(2)37)25(41-30)19-39-42(31(3,4)5,23-14-10-8-11-15-23)24-16-12-9-13-17-24;1-6-20-17-34(27-24(20)26(31)32-19-33-27)28-30(5,36)25(35)23(38-28)18-37-39(29(2,3)4,21-13-9-7-10-14-21)22-15-11-8-12-16-22;1-16(2,3)18(17,14-10-6-4-7-11-14)15-12-8-5-9-13-15;1-4-9-5-20(14-11(9)13(17)18-7-19-14)15-16(3,23)12(24-8(2)22)10(6-21)25-15;1-3-7-4-18(12-9(7)11(15)16-6-17-12)13-14(2,21)10(20)8(5-19)22-13;1-2(3)4/h1,8-18,20,25,27,30,38H,19H2,2-6H3,(H2,33,34,35);1,7-17,19,23,25,28,35-36H,18H2,2-5H3,(H2,31,32,33);4-13H,1-3H3;1,5,7,10,12,15,21,23H,6H2,2-3H3,(H2,17,18,19);1,4,6,8,10,13,19-21H,5H2,2H3,(H2,15,16,17);1H3. The molecule has 0 spiro atoms. The maximum Gasteiger partial charge on any atom is 0.303 e. The highest BCUT2D eigenvalue weighted by Gasteiger charge is 2.62. The number of hydrogen-bond donors (Lipinski definition) is 12. The number of rotatable bonds is 20. The van der Waals surface area contributed by atoms with E-state index in [9.17, 15) is 55.2 Å². The zero-order valence-electron chi connectivity index (χ0n) is 86.0. The van der Waals surface area contributed by atoms with Crippen LogP contribution in [0.1, 0.15) is 158 Å². The average Bonchev–Trinajstić information content (AvgIpc) is 1.44. The van der Waals surface area contributed by atoms with Crippen LogP contribution in [-0.2, 0) is 51.7 Å². The number of carbonyl (C=O) groups excluding carboxylic acids is 3. The third-order valence-corrected chi connectivity index (χ3v) is 44.6. The molecule has 35 nitrogen and oxygen atoms in total. The predicted octanol–water partition coefficient (Wildman–Crippen LogP) is 8.85. The van der Waals surface area contributed by atoms with Crippen molar-refractivity contribution in [1.29, 1.82) is 0 Å². The monoisotopic (exact) mass is 2130 g/mol. The van der Waals surface area contributed by atoms with E-state index in [1.165, 1.54) is 86.4 Å². The van der Waals surface area contributed by atoms with Crippen molar-refractivity contribution >= 4 is 162 Å². The van der Waals surface area contributed by atoms with Gasteiger partial charge in [0.2, 0.25) is 12.6 Å². The molecule has 4 saturated heterocycles. The molecule has 4 aliphatic heterocycles. The second kappa shape index (κ2) is 45.8. The Morgan fingerprint density at radius 1 is 0.380 bits per heavy atom. The molecular weight excluding hydrogens is 2000 g/mol. The number of esters is 2. The van der Waals surface area contributed by atoms with Gasteiger partial charge in [0.1, 0.15) is 130 Å². The van der Waals surface area contributed by atoms with E-state index in [2.05, 4.69) is 235 Å². The van der Waals surface area contributed by atoms with Crippen LogP contribution >= 0.6 is 22.7 Å². The summed E-state index contributed by atoms with van der Waals surface area (Å²) in [5.74, 6) is 9.92. The van der Waals surface area contributed by atoms with Crippen molar-refractivity contribution in [2.24, 2.45) is 0 Å². The number of fused-ring (bicyclic) bond motifs is 4. The summed E-state index contributed by atoms with van der Waals surface area (Å²) < 4.78 is 55.4. The Morgan fingerprint density at radius 2 is 0.607 bits per heavy atom. The topological polar surface area (TPSA) is 514 Å². The van der Waals surface area contributed by atoms with Gasteiger partial charge in [-0.25, -0.2) is 39.9 Å². The first-order chi connectivity index (χ1) is 70.8.